The van der Waals surface area contributed by atoms with Crippen LogP contribution in [0.3, 0.4) is 0 Å². The van der Waals surface area contributed by atoms with Crippen LogP contribution >= 0.6 is 27.7 Å². The quantitative estimate of drug-likeness (QED) is 0.487. The van der Waals surface area contributed by atoms with E-state index in [0.717, 1.165) is 25.5 Å². The van der Waals surface area contributed by atoms with Crippen molar-refractivity contribution in [1.29, 1.82) is 5.41 Å². The fraction of sp³-hybridized carbons (Fsp3) is 0. The summed E-state index contributed by atoms with van der Waals surface area (Å²) in [5, 5.41) is 9.92. The maximum atomic E-state index is 7.71. The number of halogens is 1. The Labute approximate surface area is 129 Å². The second-order valence-electron chi connectivity index (χ2n) is 4.35. The molecule has 0 spiro atoms. The van der Waals surface area contributed by atoms with E-state index in [2.05, 4.69) is 33.0 Å². The number of H-pyrrole nitrogens is 1. The first kappa shape index (κ1) is 13.3. The molecule has 2 aromatic carbocycles. The summed E-state index contributed by atoms with van der Waals surface area (Å²) in [6.45, 7) is 0. The van der Waals surface area contributed by atoms with Gasteiger partial charge in [-0.25, -0.2) is 0 Å². The molecule has 4 N–H and O–H groups in total. The van der Waals surface area contributed by atoms with Crippen LogP contribution in [-0.4, -0.2) is 10.8 Å². The Hall–Kier alpha value is -1.72. The van der Waals surface area contributed by atoms with Crippen molar-refractivity contribution in [2.45, 2.75) is 9.92 Å². The molecule has 100 valence electrons. The average molecular weight is 346 g/mol. The molecule has 0 atom stereocenters. The molecule has 0 saturated carbocycles. The number of rotatable bonds is 3. The Morgan fingerprint density at radius 2 is 1.95 bits per heavy atom. The first-order valence-corrected chi connectivity index (χ1v) is 7.64. The van der Waals surface area contributed by atoms with Crippen molar-refractivity contribution in [3.8, 4) is 0 Å². The predicted octanol–water partition coefficient (Wildman–Crippen LogP) is 4.37. The maximum Gasteiger partial charge on any atom is 0.125 e. The molecule has 0 amide bonds. The van der Waals surface area contributed by atoms with Crippen LogP contribution in [0.4, 0.5) is 0 Å². The predicted molar refractivity (Wildman–Crippen MR) is 87.6 cm³/mol. The highest BCUT2D eigenvalue weighted by Crippen LogP contribution is 2.34. The monoisotopic (exact) mass is 345 g/mol. The molecule has 0 aliphatic heterocycles. The SMILES string of the molecule is N=C(N)c1c(Br)cccc1Sc1cc2ccccc2[nH]1. The van der Waals surface area contributed by atoms with Crippen LogP contribution in [0.5, 0.6) is 0 Å². The van der Waals surface area contributed by atoms with Crippen molar-refractivity contribution in [2.24, 2.45) is 5.73 Å². The van der Waals surface area contributed by atoms with E-state index in [0.29, 0.717) is 0 Å². The van der Waals surface area contributed by atoms with Crippen LogP contribution in [-0.2, 0) is 0 Å². The lowest BCUT2D eigenvalue weighted by Gasteiger charge is -2.08. The van der Waals surface area contributed by atoms with Crippen LogP contribution in [0, 0.1) is 5.41 Å². The van der Waals surface area contributed by atoms with E-state index in [9.17, 15) is 0 Å². The van der Waals surface area contributed by atoms with Crippen LogP contribution in [0.1, 0.15) is 5.56 Å². The van der Waals surface area contributed by atoms with Crippen LogP contribution in [0.2, 0.25) is 0 Å². The summed E-state index contributed by atoms with van der Waals surface area (Å²) in [7, 11) is 0. The summed E-state index contributed by atoms with van der Waals surface area (Å²) in [5.41, 5.74) is 7.51. The van der Waals surface area contributed by atoms with Crippen LogP contribution in [0.25, 0.3) is 10.9 Å². The lowest BCUT2D eigenvalue weighted by Crippen LogP contribution is -2.13. The molecule has 1 heterocycles. The minimum atomic E-state index is 0.0658. The zero-order valence-electron chi connectivity index (χ0n) is 10.5. The Balaban J connectivity index is 2.02. The molecule has 5 heteroatoms. The Morgan fingerprint density at radius 1 is 1.15 bits per heavy atom. The second-order valence-corrected chi connectivity index (χ2v) is 6.29. The molecular formula is C15H12BrN3S. The van der Waals surface area contributed by atoms with Gasteiger partial charge in [0.1, 0.15) is 5.84 Å². The third-order valence-electron chi connectivity index (χ3n) is 2.97. The molecule has 0 aliphatic carbocycles. The summed E-state index contributed by atoms with van der Waals surface area (Å²) in [6, 6.07) is 16.1. The van der Waals surface area contributed by atoms with Crippen molar-refractivity contribution >= 4 is 44.4 Å². The van der Waals surface area contributed by atoms with Gasteiger partial charge in [-0.2, -0.15) is 0 Å². The molecule has 0 radical (unpaired) electrons. The largest absolute Gasteiger partial charge is 0.384 e. The molecule has 20 heavy (non-hydrogen) atoms. The average Bonchev–Trinajstić information content (AvgIpc) is 2.80. The second kappa shape index (κ2) is 5.34. The van der Waals surface area contributed by atoms with Crippen molar-refractivity contribution < 1.29 is 0 Å². The first-order valence-electron chi connectivity index (χ1n) is 6.03. The molecule has 0 saturated heterocycles. The number of benzene rings is 2. The van der Waals surface area contributed by atoms with Crippen molar-refractivity contribution in [2.75, 3.05) is 0 Å². The molecule has 3 nitrogen and oxygen atoms in total. The molecule has 3 rings (SSSR count). The summed E-state index contributed by atoms with van der Waals surface area (Å²) in [5.74, 6) is 0.0658. The number of nitrogens with two attached hydrogens (primary N) is 1. The maximum absolute atomic E-state index is 7.71. The fourth-order valence-corrected chi connectivity index (χ4v) is 3.83. The van der Waals surface area contributed by atoms with E-state index >= 15 is 0 Å². The minimum Gasteiger partial charge on any atom is -0.384 e. The Kier molecular flexibility index (Phi) is 3.54. The van der Waals surface area contributed by atoms with Gasteiger partial charge in [0.25, 0.3) is 0 Å². The third kappa shape index (κ3) is 2.46. The summed E-state index contributed by atoms with van der Waals surface area (Å²) < 4.78 is 0.839. The van der Waals surface area contributed by atoms with Crippen LogP contribution in [0.15, 0.2) is 62.9 Å². The van der Waals surface area contributed by atoms with Crippen molar-refractivity contribution in [3.05, 3.63) is 58.6 Å². The number of aromatic amines is 1. The molecule has 3 aromatic rings. The van der Waals surface area contributed by atoms with Gasteiger partial charge in [0.15, 0.2) is 0 Å². The lowest BCUT2D eigenvalue weighted by atomic mass is 10.2. The standard InChI is InChI=1S/C15H12BrN3S/c16-10-5-3-7-12(14(10)15(17)18)20-13-8-9-4-1-2-6-11(9)19-13/h1-8,19H,(H3,17,18). The number of amidine groups is 1. The Bertz CT molecular complexity index is 762. The van der Waals surface area contributed by atoms with Crippen LogP contribution < -0.4 is 5.73 Å². The van der Waals surface area contributed by atoms with E-state index < -0.39 is 0 Å². The number of hydrogen-bond acceptors (Lipinski definition) is 2. The van der Waals surface area contributed by atoms with Gasteiger partial charge in [-0.1, -0.05) is 36.0 Å². The van der Waals surface area contributed by atoms with Gasteiger partial charge in [0.2, 0.25) is 0 Å². The van der Waals surface area contributed by atoms with E-state index in [1.165, 1.54) is 5.39 Å². The summed E-state index contributed by atoms with van der Waals surface area (Å²) >= 11 is 5.03. The van der Waals surface area contributed by atoms with E-state index in [-0.39, 0.29) is 5.84 Å². The van der Waals surface area contributed by atoms with Gasteiger partial charge in [0.05, 0.1) is 5.03 Å². The molecule has 1 aromatic heterocycles. The smallest absolute Gasteiger partial charge is 0.125 e. The van der Waals surface area contributed by atoms with Gasteiger partial charge >= 0.3 is 0 Å². The number of nitrogen functional groups attached to an aromatic ring is 1. The number of fused-ring (bicyclic) bond motifs is 1. The highest BCUT2D eigenvalue weighted by Gasteiger charge is 2.12. The van der Waals surface area contributed by atoms with E-state index in [1.807, 2.05) is 36.4 Å². The lowest BCUT2D eigenvalue weighted by molar-refractivity contribution is 1.22. The highest BCUT2D eigenvalue weighted by molar-refractivity contribution is 9.10. The van der Waals surface area contributed by atoms with Gasteiger partial charge in [-0.3, -0.25) is 5.41 Å². The number of para-hydroxylation sites is 1. The normalized spacial score (nSPS) is 10.8. The third-order valence-corrected chi connectivity index (χ3v) is 4.63. The van der Waals surface area contributed by atoms with E-state index in [1.54, 1.807) is 11.8 Å². The van der Waals surface area contributed by atoms with Gasteiger partial charge < -0.3 is 10.7 Å². The van der Waals surface area contributed by atoms with Gasteiger partial charge in [0, 0.05) is 25.8 Å². The molecule has 0 fully saturated rings. The number of nitrogens with one attached hydrogen (secondary N) is 2. The molecule has 0 unspecified atom stereocenters. The number of hydrogen-bond donors (Lipinski definition) is 3. The first-order chi connectivity index (χ1) is 9.65. The topological polar surface area (TPSA) is 65.7 Å². The zero-order valence-corrected chi connectivity index (χ0v) is 12.9. The van der Waals surface area contributed by atoms with Crippen molar-refractivity contribution in [1.82, 2.24) is 4.98 Å². The minimum absolute atomic E-state index is 0.0658. The highest BCUT2D eigenvalue weighted by atomic mass is 79.9. The number of aromatic nitrogens is 1. The van der Waals surface area contributed by atoms with Gasteiger partial charge in [-0.05, 0) is 40.2 Å². The molecule has 0 aliphatic rings. The van der Waals surface area contributed by atoms with E-state index in [4.69, 9.17) is 11.1 Å². The summed E-state index contributed by atoms with van der Waals surface area (Å²) in [4.78, 5) is 4.32. The molecule has 0 bridgehead atoms. The van der Waals surface area contributed by atoms with Gasteiger partial charge in [-0.15, -0.1) is 0 Å². The Morgan fingerprint density at radius 3 is 2.70 bits per heavy atom. The zero-order chi connectivity index (χ0) is 14.1. The van der Waals surface area contributed by atoms with Crippen molar-refractivity contribution in [3.63, 3.8) is 0 Å². The summed E-state index contributed by atoms with van der Waals surface area (Å²) in [6.07, 6.45) is 0. The fourth-order valence-electron chi connectivity index (χ4n) is 2.07. The molecular weight excluding hydrogens is 334 g/mol.